The lowest BCUT2D eigenvalue weighted by molar-refractivity contribution is 0.442. The Morgan fingerprint density at radius 3 is 2.69 bits per heavy atom. The second kappa shape index (κ2) is 6.96. The van der Waals surface area contributed by atoms with E-state index in [0.29, 0.717) is 23.3 Å². The van der Waals surface area contributed by atoms with E-state index >= 15 is 0 Å². The number of aryl methyl sites for hydroxylation is 1. The van der Waals surface area contributed by atoms with Crippen LogP contribution in [0.1, 0.15) is 17.2 Å². The first-order valence-corrected chi connectivity index (χ1v) is 9.43. The maximum atomic E-state index is 13.0. The Hall–Kier alpha value is -2.00. The van der Waals surface area contributed by atoms with Gasteiger partial charge in [-0.2, -0.15) is 4.31 Å². The molecule has 7 nitrogen and oxygen atoms in total. The van der Waals surface area contributed by atoms with E-state index in [4.69, 9.17) is 10.3 Å². The topological polar surface area (TPSA) is 102 Å². The second-order valence-corrected chi connectivity index (χ2v) is 8.23. The number of nitrogens with zero attached hydrogens (tertiary/aromatic N) is 3. The smallest absolute Gasteiger partial charge is 0.257 e. The van der Waals surface area contributed by atoms with Crippen LogP contribution in [0.5, 0.6) is 0 Å². The Labute approximate surface area is 157 Å². The van der Waals surface area contributed by atoms with Gasteiger partial charge in [-0.1, -0.05) is 35.5 Å². The van der Waals surface area contributed by atoms with Crippen molar-refractivity contribution in [3.05, 3.63) is 53.9 Å². The molecule has 1 saturated heterocycles. The van der Waals surface area contributed by atoms with Gasteiger partial charge in [0, 0.05) is 25.0 Å². The zero-order chi connectivity index (χ0) is 17.6. The van der Waals surface area contributed by atoms with Gasteiger partial charge in [0.1, 0.15) is 4.90 Å². The highest BCUT2D eigenvalue weighted by molar-refractivity contribution is 7.89. The van der Waals surface area contributed by atoms with Gasteiger partial charge in [0.15, 0.2) is 0 Å². The van der Waals surface area contributed by atoms with Gasteiger partial charge in [-0.05, 0) is 18.6 Å². The number of nitrogens with two attached hydrogens (primary N) is 1. The van der Waals surface area contributed by atoms with Crippen molar-refractivity contribution in [2.75, 3.05) is 13.1 Å². The molecule has 1 aromatic carbocycles. The molecule has 1 aliphatic rings. The fraction of sp³-hybridized carbons (Fsp3) is 0.294. The van der Waals surface area contributed by atoms with Crippen molar-refractivity contribution in [2.24, 2.45) is 5.73 Å². The summed E-state index contributed by atoms with van der Waals surface area (Å²) < 4.78 is 32.5. The third kappa shape index (κ3) is 3.09. The number of sulfonamides is 1. The molecule has 26 heavy (non-hydrogen) atoms. The quantitative estimate of drug-likeness (QED) is 0.729. The van der Waals surface area contributed by atoms with E-state index < -0.39 is 10.0 Å². The molecule has 0 radical (unpaired) electrons. The molecule has 2 atom stereocenters. The van der Waals surface area contributed by atoms with Gasteiger partial charge in [0.05, 0.1) is 17.3 Å². The van der Waals surface area contributed by atoms with E-state index in [-0.39, 0.29) is 35.8 Å². The summed E-state index contributed by atoms with van der Waals surface area (Å²) in [6.45, 7) is 2.39. The van der Waals surface area contributed by atoms with Crippen molar-refractivity contribution in [3.63, 3.8) is 0 Å². The average molecular weight is 395 g/mol. The molecule has 0 bridgehead atoms. The first kappa shape index (κ1) is 18.8. The van der Waals surface area contributed by atoms with Crippen molar-refractivity contribution in [1.82, 2.24) is 14.4 Å². The van der Waals surface area contributed by atoms with E-state index in [2.05, 4.69) is 10.1 Å². The molecular weight excluding hydrogens is 376 g/mol. The van der Waals surface area contributed by atoms with Crippen LogP contribution in [0.15, 0.2) is 52.0 Å². The summed E-state index contributed by atoms with van der Waals surface area (Å²) in [5.41, 5.74) is 8.22. The Bertz CT molecular complexity index is 1020. The molecule has 0 unspecified atom stereocenters. The molecule has 1 aliphatic heterocycles. The first-order valence-electron chi connectivity index (χ1n) is 7.99. The lowest BCUT2D eigenvalue weighted by Crippen LogP contribution is -2.32. The summed E-state index contributed by atoms with van der Waals surface area (Å²) in [5, 5.41) is 4.42. The van der Waals surface area contributed by atoms with Gasteiger partial charge in [-0.25, -0.2) is 13.4 Å². The predicted molar refractivity (Wildman–Crippen MR) is 99.7 cm³/mol. The number of pyridine rings is 1. The molecular formula is C17H19ClN4O3S. The van der Waals surface area contributed by atoms with Crippen molar-refractivity contribution in [3.8, 4) is 0 Å². The van der Waals surface area contributed by atoms with Gasteiger partial charge in [-0.3, -0.25) is 0 Å². The summed E-state index contributed by atoms with van der Waals surface area (Å²) in [4.78, 5) is 4.20. The number of hydrogen-bond acceptors (Lipinski definition) is 6. The largest absolute Gasteiger partial charge is 0.336 e. The molecule has 0 spiro atoms. The number of rotatable bonds is 3. The standard InChI is InChI=1S/C17H18N4O3S.ClH/c1-11-14-7-13(8-19-17(14)24-20-11)25(22,23)21-9-15(16(18)10-21)12-5-3-2-4-6-12;/h2-8,15-16H,9-10,18H2,1H3;1H/t15-,16+;/m0./s1. The van der Waals surface area contributed by atoms with Crippen LogP contribution in [-0.4, -0.2) is 42.0 Å². The molecule has 0 amide bonds. The zero-order valence-electron chi connectivity index (χ0n) is 14.1. The fourth-order valence-electron chi connectivity index (χ4n) is 3.26. The summed E-state index contributed by atoms with van der Waals surface area (Å²) >= 11 is 0. The van der Waals surface area contributed by atoms with Crippen LogP contribution in [0.4, 0.5) is 0 Å². The second-order valence-electron chi connectivity index (χ2n) is 6.29. The van der Waals surface area contributed by atoms with Gasteiger partial charge < -0.3 is 10.3 Å². The van der Waals surface area contributed by atoms with Crippen molar-refractivity contribution in [2.45, 2.75) is 23.8 Å². The molecule has 3 aromatic rings. The Morgan fingerprint density at radius 1 is 1.23 bits per heavy atom. The highest BCUT2D eigenvalue weighted by atomic mass is 35.5. The average Bonchev–Trinajstić information content (AvgIpc) is 3.19. The van der Waals surface area contributed by atoms with E-state index in [9.17, 15) is 8.42 Å². The highest BCUT2D eigenvalue weighted by Gasteiger charge is 2.38. The zero-order valence-corrected chi connectivity index (χ0v) is 15.7. The number of halogens is 1. The highest BCUT2D eigenvalue weighted by Crippen LogP contribution is 2.31. The van der Waals surface area contributed by atoms with Crippen LogP contribution in [-0.2, 0) is 10.0 Å². The van der Waals surface area contributed by atoms with Gasteiger partial charge in [-0.15, -0.1) is 12.4 Å². The molecule has 138 valence electrons. The summed E-state index contributed by atoms with van der Waals surface area (Å²) in [7, 11) is -3.68. The molecule has 3 heterocycles. The SMILES string of the molecule is Cc1noc2ncc(S(=O)(=O)N3C[C@@H](N)[C@H](c4ccccc4)C3)cc12.Cl. The monoisotopic (exact) mass is 394 g/mol. The molecule has 2 N–H and O–H groups in total. The summed E-state index contributed by atoms with van der Waals surface area (Å²) in [6.07, 6.45) is 1.31. The van der Waals surface area contributed by atoms with Crippen molar-refractivity contribution >= 4 is 33.5 Å². The molecule has 1 fully saturated rings. The van der Waals surface area contributed by atoms with Crippen LogP contribution in [0.2, 0.25) is 0 Å². The predicted octanol–water partition coefficient (Wildman–Crippen LogP) is 2.07. The van der Waals surface area contributed by atoms with Crippen LogP contribution >= 0.6 is 12.4 Å². The number of aromatic nitrogens is 2. The molecule has 0 saturated carbocycles. The van der Waals surface area contributed by atoms with Gasteiger partial charge in [0.25, 0.3) is 5.71 Å². The Kier molecular flexibility index (Phi) is 5.03. The maximum absolute atomic E-state index is 13.0. The minimum absolute atomic E-state index is 0. The van der Waals surface area contributed by atoms with E-state index in [0.717, 1.165) is 5.56 Å². The maximum Gasteiger partial charge on any atom is 0.257 e. The minimum atomic E-state index is -3.68. The van der Waals surface area contributed by atoms with Crippen molar-refractivity contribution < 1.29 is 12.9 Å². The third-order valence-electron chi connectivity index (χ3n) is 4.68. The summed E-state index contributed by atoms with van der Waals surface area (Å²) in [5.74, 6) is -0.0232. The van der Waals surface area contributed by atoms with Gasteiger partial charge in [0.2, 0.25) is 10.0 Å². The normalized spacial score (nSPS) is 21.0. The van der Waals surface area contributed by atoms with Crippen LogP contribution in [0.25, 0.3) is 11.1 Å². The number of hydrogen-bond donors (Lipinski definition) is 1. The summed E-state index contributed by atoms with van der Waals surface area (Å²) in [6, 6.07) is 11.1. The lowest BCUT2D eigenvalue weighted by atomic mass is 9.95. The molecule has 2 aromatic heterocycles. The van der Waals surface area contributed by atoms with Crippen LogP contribution in [0.3, 0.4) is 0 Å². The van der Waals surface area contributed by atoms with E-state index in [1.807, 2.05) is 30.3 Å². The Morgan fingerprint density at radius 2 is 1.96 bits per heavy atom. The van der Waals surface area contributed by atoms with E-state index in [1.165, 1.54) is 10.5 Å². The van der Waals surface area contributed by atoms with Crippen LogP contribution < -0.4 is 5.73 Å². The van der Waals surface area contributed by atoms with Gasteiger partial charge >= 0.3 is 0 Å². The van der Waals surface area contributed by atoms with E-state index in [1.54, 1.807) is 13.0 Å². The first-order chi connectivity index (χ1) is 12.0. The number of benzene rings is 1. The molecule has 4 rings (SSSR count). The Balaban J connectivity index is 0.00000196. The lowest BCUT2D eigenvalue weighted by Gasteiger charge is -2.16. The van der Waals surface area contributed by atoms with Crippen LogP contribution in [0, 0.1) is 6.92 Å². The van der Waals surface area contributed by atoms with Crippen molar-refractivity contribution in [1.29, 1.82) is 0 Å². The molecule has 9 heteroatoms. The minimum Gasteiger partial charge on any atom is -0.336 e. The third-order valence-corrected chi connectivity index (χ3v) is 6.48. The molecule has 0 aliphatic carbocycles. The fourth-order valence-corrected chi connectivity index (χ4v) is 4.73. The number of fused-ring (bicyclic) bond motifs is 1.